The minimum Gasteiger partial charge on any atom is -0.480 e. The van der Waals surface area contributed by atoms with E-state index in [1.165, 1.54) is 22.9 Å². The van der Waals surface area contributed by atoms with Gasteiger partial charge < -0.3 is 10.4 Å². The Morgan fingerprint density at radius 2 is 1.93 bits per heavy atom. The Labute approximate surface area is 181 Å². The summed E-state index contributed by atoms with van der Waals surface area (Å²) in [6, 6.07) is 11.8. The van der Waals surface area contributed by atoms with Gasteiger partial charge in [-0.3, -0.25) is 4.79 Å². The molecule has 3 aromatic rings. The summed E-state index contributed by atoms with van der Waals surface area (Å²) >= 11 is 3.34. The number of carbonyl (C=O) groups is 2. The van der Waals surface area contributed by atoms with Crippen molar-refractivity contribution in [2.75, 3.05) is 0 Å². The average Bonchev–Trinajstić information content (AvgIpc) is 3.13. The smallest absolute Gasteiger partial charge is 0.326 e. The number of nitrogens with one attached hydrogen (secondary N) is 1. The SMILES string of the molecule is CC(C)c1nc(C(=O)NC(Cc2cccc(Br)c2)C(=O)O)nn1-c1cccc(F)c1. The molecule has 1 amide bonds. The maximum Gasteiger partial charge on any atom is 0.326 e. The number of aliphatic carboxylic acids is 1. The summed E-state index contributed by atoms with van der Waals surface area (Å²) < 4.78 is 15.8. The van der Waals surface area contributed by atoms with Gasteiger partial charge in [-0.15, -0.1) is 5.10 Å². The van der Waals surface area contributed by atoms with Gasteiger partial charge in [0.1, 0.15) is 17.7 Å². The van der Waals surface area contributed by atoms with E-state index in [0.717, 1.165) is 10.0 Å². The molecule has 2 N–H and O–H groups in total. The van der Waals surface area contributed by atoms with Gasteiger partial charge in [-0.05, 0) is 35.9 Å². The molecule has 0 fully saturated rings. The number of carboxylic acid groups (broad SMARTS) is 1. The van der Waals surface area contributed by atoms with Gasteiger partial charge in [0.15, 0.2) is 0 Å². The van der Waals surface area contributed by atoms with Gasteiger partial charge in [0.2, 0.25) is 5.82 Å². The lowest BCUT2D eigenvalue weighted by Gasteiger charge is -2.13. The number of nitrogens with zero attached hydrogens (tertiary/aromatic N) is 3. The Morgan fingerprint density at radius 3 is 2.57 bits per heavy atom. The third-order valence-corrected chi connectivity index (χ3v) is 4.83. The second-order valence-corrected chi connectivity index (χ2v) is 7.95. The van der Waals surface area contributed by atoms with Crippen LogP contribution in [0.5, 0.6) is 0 Å². The molecule has 0 aliphatic carbocycles. The number of carbonyl (C=O) groups excluding carboxylic acids is 1. The molecule has 0 spiro atoms. The molecule has 0 saturated carbocycles. The van der Waals surface area contributed by atoms with E-state index in [1.54, 1.807) is 24.3 Å². The molecule has 7 nitrogen and oxygen atoms in total. The highest BCUT2D eigenvalue weighted by molar-refractivity contribution is 9.10. The normalized spacial score (nSPS) is 12.0. The molecule has 0 aliphatic rings. The first-order valence-corrected chi connectivity index (χ1v) is 10.0. The van der Waals surface area contributed by atoms with Crippen LogP contribution in [0.25, 0.3) is 5.69 Å². The highest BCUT2D eigenvalue weighted by Crippen LogP contribution is 2.18. The molecular formula is C21H20BrFN4O3. The van der Waals surface area contributed by atoms with Crippen molar-refractivity contribution in [3.63, 3.8) is 0 Å². The minimum absolute atomic E-state index is 0.0979. The van der Waals surface area contributed by atoms with Crippen molar-refractivity contribution < 1.29 is 19.1 Å². The highest BCUT2D eigenvalue weighted by Gasteiger charge is 2.25. The summed E-state index contributed by atoms with van der Waals surface area (Å²) in [5, 5.41) is 16.2. The lowest BCUT2D eigenvalue weighted by atomic mass is 10.1. The van der Waals surface area contributed by atoms with Gasteiger partial charge in [-0.1, -0.05) is 48.0 Å². The second kappa shape index (κ2) is 9.17. The van der Waals surface area contributed by atoms with Crippen LogP contribution in [0.2, 0.25) is 0 Å². The fraction of sp³-hybridized carbons (Fsp3) is 0.238. The Hall–Kier alpha value is -3.07. The minimum atomic E-state index is -1.17. The molecule has 2 aromatic carbocycles. The van der Waals surface area contributed by atoms with Crippen LogP contribution in [0.15, 0.2) is 53.0 Å². The fourth-order valence-electron chi connectivity index (χ4n) is 2.91. The Bertz CT molecular complexity index is 1080. The third kappa shape index (κ3) is 5.10. The predicted molar refractivity (Wildman–Crippen MR) is 112 cm³/mol. The summed E-state index contributed by atoms with van der Waals surface area (Å²) in [4.78, 5) is 28.7. The number of benzene rings is 2. The summed E-state index contributed by atoms with van der Waals surface area (Å²) in [5.41, 5.74) is 1.17. The van der Waals surface area contributed by atoms with Crippen molar-refractivity contribution in [3.8, 4) is 5.69 Å². The van der Waals surface area contributed by atoms with E-state index in [4.69, 9.17) is 0 Å². The second-order valence-electron chi connectivity index (χ2n) is 7.04. The van der Waals surface area contributed by atoms with Crippen molar-refractivity contribution in [2.24, 2.45) is 0 Å². The maximum absolute atomic E-state index is 13.6. The molecule has 1 heterocycles. The van der Waals surface area contributed by atoms with Gasteiger partial charge in [0.25, 0.3) is 5.91 Å². The highest BCUT2D eigenvalue weighted by atomic mass is 79.9. The van der Waals surface area contributed by atoms with E-state index < -0.39 is 23.7 Å². The van der Waals surface area contributed by atoms with E-state index in [9.17, 15) is 19.1 Å². The van der Waals surface area contributed by atoms with Gasteiger partial charge in [0, 0.05) is 16.8 Å². The lowest BCUT2D eigenvalue weighted by molar-refractivity contribution is -0.139. The van der Waals surface area contributed by atoms with Crippen molar-refractivity contribution in [1.82, 2.24) is 20.1 Å². The standard InChI is InChI=1S/C21H20BrFN4O3/c1-12(2)19-25-18(26-27(19)16-8-4-7-15(23)11-16)20(28)24-17(21(29)30)10-13-5-3-6-14(22)9-13/h3-9,11-12,17H,10H2,1-2H3,(H,24,28)(H,29,30). The van der Waals surface area contributed by atoms with Gasteiger partial charge in [-0.2, -0.15) is 0 Å². The monoisotopic (exact) mass is 474 g/mol. The lowest BCUT2D eigenvalue weighted by Crippen LogP contribution is -2.42. The summed E-state index contributed by atoms with van der Waals surface area (Å²) in [6.07, 6.45) is 0.0994. The summed E-state index contributed by atoms with van der Waals surface area (Å²) in [7, 11) is 0. The molecule has 156 valence electrons. The number of halogens is 2. The van der Waals surface area contributed by atoms with Crippen molar-refractivity contribution in [3.05, 3.63) is 76.0 Å². The molecule has 1 aromatic heterocycles. The third-order valence-electron chi connectivity index (χ3n) is 4.34. The van der Waals surface area contributed by atoms with Crippen LogP contribution < -0.4 is 5.32 Å². The first kappa shape index (κ1) is 21.6. The topological polar surface area (TPSA) is 97.1 Å². The quantitative estimate of drug-likeness (QED) is 0.543. The first-order valence-electron chi connectivity index (χ1n) is 9.25. The van der Waals surface area contributed by atoms with E-state index in [0.29, 0.717) is 11.5 Å². The van der Waals surface area contributed by atoms with E-state index in [1.807, 2.05) is 19.9 Å². The molecule has 3 rings (SSSR count). The first-order chi connectivity index (χ1) is 14.2. The largest absolute Gasteiger partial charge is 0.480 e. The summed E-state index contributed by atoms with van der Waals surface area (Å²) in [5.74, 6) is -2.14. The molecule has 9 heteroatoms. The van der Waals surface area contributed by atoms with Gasteiger partial charge in [0.05, 0.1) is 5.69 Å². The fourth-order valence-corrected chi connectivity index (χ4v) is 3.36. The van der Waals surface area contributed by atoms with E-state index in [-0.39, 0.29) is 18.2 Å². The molecule has 1 unspecified atom stereocenters. The number of aromatic nitrogens is 3. The van der Waals surface area contributed by atoms with Gasteiger partial charge in [-0.25, -0.2) is 18.9 Å². The molecule has 0 bridgehead atoms. The number of amides is 1. The van der Waals surface area contributed by atoms with Crippen molar-refractivity contribution >= 4 is 27.8 Å². The van der Waals surface area contributed by atoms with Crippen molar-refractivity contribution in [2.45, 2.75) is 32.2 Å². The summed E-state index contributed by atoms with van der Waals surface area (Å²) in [6.45, 7) is 3.74. The number of hydrogen-bond acceptors (Lipinski definition) is 4. The molecule has 0 aliphatic heterocycles. The van der Waals surface area contributed by atoms with E-state index in [2.05, 4.69) is 31.3 Å². The Balaban J connectivity index is 1.86. The van der Waals surface area contributed by atoms with Crippen LogP contribution in [-0.4, -0.2) is 37.8 Å². The molecule has 0 saturated heterocycles. The number of hydrogen-bond donors (Lipinski definition) is 2. The Kier molecular flexibility index (Phi) is 6.61. The zero-order valence-electron chi connectivity index (χ0n) is 16.3. The van der Waals surface area contributed by atoms with Crippen molar-refractivity contribution in [1.29, 1.82) is 0 Å². The van der Waals surface area contributed by atoms with Gasteiger partial charge >= 0.3 is 5.97 Å². The van der Waals surface area contributed by atoms with Crippen LogP contribution in [-0.2, 0) is 11.2 Å². The number of carboxylic acids is 1. The maximum atomic E-state index is 13.6. The molecule has 1 atom stereocenters. The predicted octanol–water partition coefficient (Wildman–Crippen LogP) is 3.72. The van der Waals surface area contributed by atoms with Crippen LogP contribution in [0, 0.1) is 5.82 Å². The van der Waals surface area contributed by atoms with Crippen LogP contribution in [0.4, 0.5) is 4.39 Å². The van der Waals surface area contributed by atoms with Crippen LogP contribution in [0.1, 0.15) is 41.8 Å². The molecule has 0 radical (unpaired) electrons. The molecular weight excluding hydrogens is 455 g/mol. The van der Waals surface area contributed by atoms with Crippen LogP contribution in [0.3, 0.4) is 0 Å². The zero-order valence-corrected chi connectivity index (χ0v) is 17.9. The average molecular weight is 475 g/mol. The molecule has 30 heavy (non-hydrogen) atoms. The van der Waals surface area contributed by atoms with E-state index >= 15 is 0 Å². The number of rotatable bonds is 7. The zero-order chi connectivity index (χ0) is 21.8. The Morgan fingerprint density at radius 1 is 1.20 bits per heavy atom. The van der Waals surface area contributed by atoms with Crippen LogP contribution >= 0.6 is 15.9 Å².